The zero-order chi connectivity index (χ0) is 16.9. The van der Waals surface area contributed by atoms with Crippen LogP contribution in [0.2, 0.25) is 0 Å². The molecule has 0 bridgehead atoms. The predicted molar refractivity (Wildman–Crippen MR) is 95.0 cm³/mol. The summed E-state index contributed by atoms with van der Waals surface area (Å²) in [6.07, 6.45) is 4.35. The first kappa shape index (κ1) is 16.1. The first-order chi connectivity index (χ1) is 11.7. The lowest BCUT2D eigenvalue weighted by atomic mass is 10.1. The van der Waals surface area contributed by atoms with Crippen LogP contribution < -0.4 is 9.47 Å². The Hall–Kier alpha value is -2.75. The van der Waals surface area contributed by atoms with E-state index < -0.39 is 0 Å². The molecule has 0 radical (unpaired) electrons. The molecule has 1 aromatic heterocycles. The molecular formula is C20H21NO3. The molecule has 0 unspecified atom stereocenters. The topological polar surface area (TPSA) is 40.5 Å². The van der Waals surface area contributed by atoms with Gasteiger partial charge in [-0.05, 0) is 47.9 Å². The maximum Gasteiger partial charge on any atom is 0.120 e. The van der Waals surface area contributed by atoms with Gasteiger partial charge in [-0.25, -0.2) is 0 Å². The van der Waals surface area contributed by atoms with Gasteiger partial charge in [-0.15, -0.1) is 0 Å². The quantitative estimate of drug-likeness (QED) is 0.620. The van der Waals surface area contributed by atoms with Crippen molar-refractivity contribution in [1.82, 2.24) is 4.57 Å². The lowest BCUT2D eigenvalue weighted by Crippen LogP contribution is -1.98. The Bertz CT molecular complexity index is 851. The minimum Gasteiger partial charge on any atom is -0.497 e. The number of fused-ring (bicyclic) bond motifs is 1. The van der Waals surface area contributed by atoms with Crippen LogP contribution in [0.1, 0.15) is 17.5 Å². The molecule has 3 rings (SSSR count). The summed E-state index contributed by atoms with van der Waals surface area (Å²) in [7, 11) is 3.34. The smallest absolute Gasteiger partial charge is 0.120 e. The molecule has 1 heterocycles. The second kappa shape index (κ2) is 7.21. The molecule has 0 N–H and O–H groups in total. The van der Waals surface area contributed by atoms with Crippen LogP contribution in [-0.4, -0.2) is 25.1 Å². The fourth-order valence-corrected chi connectivity index (χ4v) is 2.99. The van der Waals surface area contributed by atoms with E-state index in [2.05, 4.69) is 22.9 Å². The van der Waals surface area contributed by atoms with Crippen molar-refractivity contribution in [1.29, 1.82) is 0 Å². The van der Waals surface area contributed by atoms with E-state index in [4.69, 9.17) is 9.47 Å². The van der Waals surface area contributed by atoms with Crippen LogP contribution in [0.5, 0.6) is 11.5 Å². The lowest BCUT2D eigenvalue weighted by Gasteiger charge is -2.08. The largest absolute Gasteiger partial charge is 0.497 e. The summed E-state index contributed by atoms with van der Waals surface area (Å²) in [4.78, 5) is 10.8. The van der Waals surface area contributed by atoms with Crippen molar-refractivity contribution in [3.8, 4) is 11.5 Å². The second-order valence-corrected chi connectivity index (χ2v) is 5.72. The van der Waals surface area contributed by atoms with Gasteiger partial charge in [0.15, 0.2) is 0 Å². The number of ether oxygens (including phenoxy) is 2. The van der Waals surface area contributed by atoms with E-state index in [0.29, 0.717) is 6.42 Å². The highest BCUT2D eigenvalue weighted by Crippen LogP contribution is 2.28. The number of benzene rings is 2. The Labute approximate surface area is 141 Å². The molecule has 0 atom stereocenters. The Morgan fingerprint density at radius 2 is 1.83 bits per heavy atom. The van der Waals surface area contributed by atoms with Crippen LogP contribution in [-0.2, 0) is 17.8 Å². The molecule has 4 heteroatoms. The number of methoxy groups -OCH3 is 2. The van der Waals surface area contributed by atoms with E-state index in [9.17, 15) is 4.79 Å². The third-order valence-electron chi connectivity index (χ3n) is 4.19. The van der Waals surface area contributed by atoms with E-state index >= 15 is 0 Å². The number of aryl methyl sites for hydroxylation is 1. The van der Waals surface area contributed by atoms with E-state index in [1.807, 2.05) is 30.3 Å². The minimum absolute atomic E-state index is 0.523. The monoisotopic (exact) mass is 323 g/mol. The fourth-order valence-electron chi connectivity index (χ4n) is 2.99. The summed E-state index contributed by atoms with van der Waals surface area (Å²) in [5.41, 5.74) is 3.47. The Balaban J connectivity index is 2.01. The standard InChI is InChI=1S/C20H21NO3/c1-23-17-7-3-5-15(11-17)13-21-14-16(6-4-10-22)19-12-18(24-2)8-9-20(19)21/h3,5,7-12,14H,4,6,13H2,1-2H3. The molecule has 0 aliphatic rings. The molecule has 3 aromatic rings. The van der Waals surface area contributed by atoms with E-state index in [1.54, 1.807) is 14.2 Å². The highest BCUT2D eigenvalue weighted by molar-refractivity contribution is 5.85. The first-order valence-electron chi connectivity index (χ1n) is 7.97. The van der Waals surface area contributed by atoms with Crippen molar-refractivity contribution in [2.24, 2.45) is 0 Å². The Morgan fingerprint density at radius 3 is 2.58 bits per heavy atom. The van der Waals surface area contributed by atoms with Crippen molar-refractivity contribution in [3.05, 3.63) is 59.8 Å². The molecule has 0 spiro atoms. The van der Waals surface area contributed by atoms with Gasteiger partial charge in [-0.3, -0.25) is 0 Å². The molecule has 4 nitrogen and oxygen atoms in total. The van der Waals surface area contributed by atoms with E-state index in [1.165, 1.54) is 11.1 Å². The van der Waals surface area contributed by atoms with Crippen LogP contribution in [0.4, 0.5) is 0 Å². The van der Waals surface area contributed by atoms with Crippen molar-refractivity contribution < 1.29 is 14.3 Å². The molecule has 0 saturated carbocycles. The van der Waals surface area contributed by atoms with Crippen molar-refractivity contribution in [3.63, 3.8) is 0 Å². The molecule has 0 aliphatic carbocycles. The van der Waals surface area contributed by atoms with Gasteiger partial charge < -0.3 is 18.8 Å². The third-order valence-corrected chi connectivity index (χ3v) is 4.19. The van der Waals surface area contributed by atoms with Crippen LogP contribution in [0, 0.1) is 0 Å². The summed E-state index contributed by atoms with van der Waals surface area (Å²) in [6.45, 7) is 0.751. The molecule has 24 heavy (non-hydrogen) atoms. The average molecular weight is 323 g/mol. The summed E-state index contributed by atoms with van der Waals surface area (Å²) >= 11 is 0. The number of carbonyl (C=O) groups is 1. The number of hydrogen-bond donors (Lipinski definition) is 0. The SMILES string of the molecule is COc1cccc(Cn2cc(CCC=O)c3cc(OC)ccc32)c1. The van der Waals surface area contributed by atoms with Gasteiger partial charge in [-0.2, -0.15) is 0 Å². The minimum atomic E-state index is 0.523. The van der Waals surface area contributed by atoms with Gasteiger partial charge in [0.05, 0.1) is 14.2 Å². The third kappa shape index (κ3) is 3.27. The number of aromatic nitrogens is 1. The number of aldehydes is 1. The molecule has 0 saturated heterocycles. The van der Waals surface area contributed by atoms with Gasteiger partial charge >= 0.3 is 0 Å². The first-order valence-corrected chi connectivity index (χ1v) is 7.97. The van der Waals surface area contributed by atoms with Gasteiger partial charge in [0.25, 0.3) is 0 Å². The summed E-state index contributed by atoms with van der Waals surface area (Å²) < 4.78 is 12.9. The number of rotatable bonds is 7. The summed E-state index contributed by atoms with van der Waals surface area (Å²) in [5.74, 6) is 1.68. The summed E-state index contributed by atoms with van der Waals surface area (Å²) in [5, 5.41) is 1.14. The zero-order valence-electron chi connectivity index (χ0n) is 14.0. The van der Waals surface area contributed by atoms with Crippen molar-refractivity contribution in [2.75, 3.05) is 14.2 Å². The number of nitrogens with zero attached hydrogens (tertiary/aromatic N) is 1. The normalized spacial score (nSPS) is 10.8. The maximum absolute atomic E-state index is 10.8. The molecule has 0 fully saturated rings. The van der Waals surface area contributed by atoms with Gasteiger partial charge in [0.2, 0.25) is 0 Å². The number of hydrogen-bond acceptors (Lipinski definition) is 3. The van der Waals surface area contributed by atoms with Crippen LogP contribution in [0.15, 0.2) is 48.7 Å². The highest BCUT2D eigenvalue weighted by Gasteiger charge is 2.10. The van der Waals surface area contributed by atoms with Crippen LogP contribution >= 0.6 is 0 Å². The molecule has 0 amide bonds. The highest BCUT2D eigenvalue weighted by atomic mass is 16.5. The molecule has 124 valence electrons. The summed E-state index contributed by atoms with van der Waals surface area (Å²) in [6, 6.07) is 14.1. The van der Waals surface area contributed by atoms with Gasteiger partial charge in [0.1, 0.15) is 17.8 Å². The lowest BCUT2D eigenvalue weighted by molar-refractivity contribution is -0.107. The maximum atomic E-state index is 10.8. The number of carbonyl (C=O) groups excluding carboxylic acids is 1. The van der Waals surface area contributed by atoms with Crippen LogP contribution in [0.3, 0.4) is 0 Å². The molecular weight excluding hydrogens is 302 g/mol. The molecule has 0 aliphatic heterocycles. The van der Waals surface area contributed by atoms with E-state index in [-0.39, 0.29) is 0 Å². The van der Waals surface area contributed by atoms with Gasteiger partial charge in [-0.1, -0.05) is 12.1 Å². The van der Waals surface area contributed by atoms with Crippen LogP contribution in [0.25, 0.3) is 10.9 Å². The second-order valence-electron chi connectivity index (χ2n) is 5.72. The van der Waals surface area contributed by atoms with Gasteiger partial charge in [0, 0.05) is 30.1 Å². The Kier molecular flexibility index (Phi) is 4.85. The predicted octanol–water partition coefficient (Wildman–Crippen LogP) is 3.84. The average Bonchev–Trinajstić information content (AvgIpc) is 2.96. The fraction of sp³-hybridized carbons (Fsp3) is 0.250. The van der Waals surface area contributed by atoms with E-state index in [0.717, 1.165) is 41.7 Å². The van der Waals surface area contributed by atoms with Crippen molar-refractivity contribution in [2.45, 2.75) is 19.4 Å². The van der Waals surface area contributed by atoms with Crippen molar-refractivity contribution >= 4 is 17.2 Å². The zero-order valence-corrected chi connectivity index (χ0v) is 14.0. The Morgan fingerprint density at radius 1 is 1.04 bits per heavy atom. The molecule has 2 aromatic carbocycles.